The molecule has 1 fully saturated rings. The van der Waals surface area contributed by atoms with Crippen molar-refractivity contribution in [3.8, 4) is 5.88 Å². The Kier molecular flexibility index (Phi) is 4.67. The van der Waals surface area contributed by atoms with Crippen molar-refractivity contribution in [1.29, 1.82) is 0 Å². The number of benzene rings is 1. The van der Waals surface area contributed by atoms with Crippen LogP contribution in [0.3, 0.4) is 0 Å². The van der Waals surface area contributed by atoms with Gasteiger partial charge in [-0.1, -0.05) is 22.0 Å². The minimum Gasteiger partial charge on any atom is -0.467 e. The van der Waals surface area contributed by atoms with Crippen LogP contribution in [0.5, 0.6) is 5.88 Å². The standard InChI is InChI=1S/C18H16BrN3O2S/c19-12-5-6-14-13(9-12)18(21-11-20-14)24-10-17(23)22-7-1-3-15(22)16-4-2-8-25-16/h2,4-6,8-9,11,15H,1,3,7,10H2. The van der Waals surface area contributed by atoms with Crippen molar-refractivity contribution in [1.82, 2.24) is 14.9 Å². The van der Waals surface area contributed by atoms with Crippen LogP contribution in [-0.4, -0.2) is 33.9 Å². The molecule has 7 heteroatoms. The molecule has 3 heterocycles. The lowest BCUT2D eigenvalue weighted by atomic mass is 10.2. The van der Waals surface area contributed by atoms with E-state index in [1.54, 1.807) is 11.3 Å². The van der Waals surface area contributed by atoms with Crippen molar-refractivity contribution in [3.63, 3.8) is 0 Å². The van der Waals surface area contributed by atoms with Crippen LogP contribution < -0.4 is 4.74 Å². The van der Waals surface area contributed by atoms with Crippen molar-refractivity contribution in [3.05, 3.63) is 51.4 Å². The van der Waals surface area contributed by atoms with E-state index in [4.69, 9.17) is 4.74 Å². The molecule has 0 N–H and O–H groups in total. The Bertz CT molecular complexity index is 900. The van der Waals surface area contributed by atoms with Crippen LogP contribution in [0.2, 0.25) is 0 Å². The number of thiophene rings is 1. The van der Waals surface area contributed by atoms with Gasteiger partial charge < -0.3 is 9.64 Å². The lowest BCUT2D eigenvalue weighted by Gasteiger charge is -2.23. The molecule has 0 radical (unpaired) electrons. The Morgan fingerprint density at radius 1 is 1.36 bits per heavy atom. The van der Waals surface area contributed by atoms with Gasteiger partial charge >= 0.3 is 0 Å². The highest BCUT2D eigenvalue weighted by Gasteiger charge is 2.30. The van der Waals surface area contributed by atoms with Gasteiger partial charge in [0.15, 0.2) is 6.61 Å². The summed E-state index contributed by atoms with van der Waals surface area (Å²) < 4.78 is 6.67. The van der Waals surface area contributed by atoms with Crippen molar-refractivity contribution in [2.45, 2.75) is 18.9 Å². The third kappa shape index (κ3) is 3.39. The molecule has 0 saturated carbocycles. The highest BCUT2D eigenvalue weighted by Crippen LogP contribution is 2.34. The molecule has 0 spiro atoms. The van der Waals surface area contributed by atoms with Crippen LogP contribution >= 0.6 is 27.3 Å². The van der Waals surface area contributed by atoms with Gasteiger partial charge in [0.25, 0.3) is 5.91 Å². The molecule has 4 rings (SSSR count). The smallest absolute Gasteiger partial charge is 0.261 e. The van der Waals surface area contributed by atoms with Gasteiger partial charge in [-0.05, 0) is 42.5 Å². The maximum absolute atomic E-state index is 12.7. The molecule has 0 bridgehead atoms. The van der Waals surface area contributed by atoms with E-state index >= 15 is 0 Å². The lowest BCUT2D eigenvalue weighted by molar-refractivity contribution is -0.134. The van der Waals surface area contributed by atoms with Gasteiger partial charge in [0.1, 0.15) is 6.33 Å². The summed E-state index contributed by atoms with van der Waals surface area (Å²) in [5, 5.41) is 2.85. The topological polar surface area (TPSA) is 55.3 Å². The maximum Gasteiger partial charge on any atom is 0.261 e. The van der Waals surface area contributed by atoms with Crippen LogP contribution in [-0.2, 0) is 4.79 Å². The molecule has 2 aromatic heterocycles. The molecule has 3 aromatic rings. The first-order valence-corrected chi connectivity index (χ1v) is 9.75. The predicted molar refractivity (Wildman–Crippen MR) is 101 cm³/mol. The van der Waals surface area contributed by atoms with Crippen molar-refractivity contribution in [2.75, 3.05) is 13.2 Å². The summed E-state index contributed by atoms with van der Waals surface area (Å²) >= 11 is 5.14. The minimum atomic E-state index is -0.0134. The number of ether oxygens (including phenoxy) is 1. The number of rotatable bonds is 4. The predicted octanol–water partition coefficient (Wildman–Crippen LogP) is 4.20. The first-order chi connectivity index (χ1) is 12.2. The minimum absolute atomic E-state index is 0.00217. The highest BCUT2D eigenvalue weighted by molar-refractivity contribution is 9.10. The second-order valence-corrected chi connectivity index (χ2v) is 7.78. The van der Waals surface area contributed by atoms with Crippen molar-refractivity contribution in [2.24, 2.45) is 0 Å². The summed E-state index contributed by atoms with van der Waals surface area (Å²) in [6, 6.07) is 10.0. The molecule has 1 unspecified atom stereocenters. The quantitative estimate of drug-likeness (QED) is 0.638. The summed E-state index contributed by atoms with van der Waals surface area (Å²) in [6.07, 6.45) is 3.49. The van der Waals surface area contributed by atoms with E-state index in [0.29, 0.717) is 5.88 Å². The molecule has 0 aliphatic carbocycles. The zero-order valence-corrected chi connectivity index (χ0v) is 15.8. The number of fused-ring (bicyclic) bond motifs is 1. The molecule has 1 aliphatic heterocycles. The molecular formula is C18H16BrN3O2S. The Morgan fingerprint density at radius 2 is 2.28 bits per heavy atom. The third-order valence-electron chi connectivity index (χ3n) is 4.34. The molecule has 5 nitrogen and oxygen atoms in total. The summed E-state index contributed by atoms with van der Waals surface area (Å²) in [5.74, 6) is 0.434. The summed E-state index contributed by atoms with van der Waals surface area (Å²) in [4.78, 5) is 24.3. The fourth-order valence-corrected chi connectivity index (χ4v) is 4.41. The van der Waals surface area contributed by atoms with Gasteiger partial charge in [0.05, 0.1) is 16.9 Å². The fraction of sp³-hybridized carbons (Fsp3) is 0.278. The van der Waals surface area contributed by atoms with Gasteiger partial charge in [-0.25, -0.2) is 9.97 Å². The SMILES string of the molecule is O=C(COc1ncnc2ccc(Br)cc12)N1CCCC1c1cccs1. The molecule has 25 heavy (non-hydrogen) atoms. The number of halogens is 1. The first kappa shape index (κ1) is 16.5. The fourth-order valence-electron chi connectivity index (χ4n) is 3.18. The van der Waals surface area contributed by atoms with Crippen LogP contribution in [0.1, 0.15) is 23.8 Å². The molecule has 128 valence electrons. The summed E-state index contributed by atoms with van der Waals surface area (Å²) in [6.45, 7) is 0.765. The number of nitrogens with zero attached hydrogens (tertiary/aromatic N) is 3. The molecule has 1 aliphatic rings. The van der Waals surface area contributed by atoms with Gasteiger partial charge in [-0.15, -0.1) is 11.3 Å². The number of amides is 1. The molecule has 1 aromatic carbocycles. The number of hydrogen-bond donors (Lipinski definition) is 0. The summed E-state index contributed by atoms with van der Waals surface area (Å²) in [5.41, 5.74) is 0.790. The zero-order valence-electron chi connectivity index (χ0n) is 13.4. The van der Waals surface area contributed by atoms with Gasteiger partial charge in [-0.3, -0.25) is 4.79 Å². The van der Waals surface area contributed by atoms with Gasteiger partial charge in [0, 0.05) is 15.9 Å². The number of aromatic nitrogens is 2. The number of carbonyl (C=O) groups is 1. The third-order valence-corrected chi connectivity index (χ3v) is 5.80. The highest BCUT2D eigenvalue weighted by atomic mass is 79.9. The van der Waals surface area contributed by atoms with Gasteiger partial charge in [-0.2, -0.15) is 0 Å². The lowest BCUT2D eigenvalue weighted by Crippen LogP contribution is -2.34. The van der Waals surface area contributed by atoms with Crippen molar-refractivity contribution < 1.29 is 9.53 Å². The molecular weight excluding hydrogens is 402 g/mol. The van der Waals surface area contributed by atoms with Crippen LogP contribution in [0.15, 0.2) is 46.5 Å². The van der Waals surface area contributed by atoms with Gasteiger partial charge in [0.2, 0.25) is 5.88 Å². The number of hydrogen-bond acceptors (Lipinski definition) is 5. The normalized spacial score (nSPS) is 17.2. The molecule has 1 amide bonds. The average Bonchev–Trinajstić information content (AvgIpc) is 3.30. The Hall–Kier alpha value is -1.99. The van der Waals surface area contributed by atoms with E-state index in [1.165, 1.54) is 11.2 Å². The molecule has 1 atom stereocenters. The van der Waals surface area contributed by atoms with E-state index in [9.17, 15) is 4.79 Å². The van der Waals surface area contributed by atoms with E-state index in [2.05, 4.69) is 37.3 Å². The first-order valence-electron chi connectivity index (χ1n) is 8.08. The average molecular weight is 418 g/mol. The Labute approximate surface area is 157 Å². The van der Waals surface area contributed by atoms with E-state index in [1.807, 2.05) is 29.2 Å². The molecule has 1 saturated heterocycles. The number of carbonyl (C=O) groups excluding carboxylic acids is 1. The Balaban J connectivity index is 1.50. The van der Waals surface area contributed by atoms with Crippen LogP contribution in [0, 0.1) is 0 Å². The van der Waals surface area contributed by atoms with Crippen LogP contribution in [0.25, 0.3) is 10.9 Å². The second kappa shape index (κ2) is 7.09. The second-order valence-electron chi connectivity index (χ2n) is 5.89. The summed E-state index contributed by atoms with van der Waals surface area (Å²) in [7, 11) is 0. The monoisotopic (exact) mass is 417 g/mol. The number of likely N-dealkylation sites (tertiary alicyclic amines) is 1. The maximum atomic E-state index is 12.7. The van der Waals surface area contributed by atoms with Crippen LogP contribution in [0.4, 0.5) is 0 Å². The zero-order chi connectivity index (χ0) is 17.2. The van der Waals surface area contributed by atoms with E-state index < -0.39 is 0 Å². The van der Waals surface area contributed by atoms with Crippen molar-refractivity contribution >= 4 is 44.1 Å². The van der Waals surface area contributed by atoms with E-state index in [0.717, 1.165) is 34.8 Å². The van der Waals surface area contributed by atoms with E-state index in [-0.39, 0.29) is 18.6 Å². The largest absolute Gasteiger partial charge is 0.467 e. The Morgan fingerprint density at radius 3 is 3.12 bits per heavy atom.